The number of phenols is 2. The summed E-state index contributed by atoms with van der Waals surface area (Å²) < 4.78 is 13.5. The molecule has 19 heavy (non-hydrogen) atoms. The van der Waals surface area contributed by atoms with Crippen LogP contribution in [0, 0.1) is 5.82 Å². The van der Waals surface area contributed by atoms with Gasteiger partial charge in [0, 0.05) is 5.56 Å². The molecule has 0 fully saturated rings. The molecule has 0 saturated heterocycles. The minimum Gasteiger partial charge on any atom is -0.504 e. The number of nitrogens with two attached hydrogens (primary N) is 1. The zero-order valence-electron chi connectivity index (χ0n) is 9.72. The van der Waals surface area contributed by atoms with E-state index in [1.165, 1.54) is 24.3 Å². The summed E-state index contributed by atoms with van der Waals surface area (Å²) >= 11 is 0. The number of amides is 1. The van der Waals surface area contributed by atoms with Crippen LogP contribution in [0.2, 0.25) is 0 Å². The molecule has 98 valence electrons. The molecule has 2 aromatic carbocycles. The van der Waals surface area contributed by atoms with Gasteiger partial charge in [-0.25, -0.2) is 4.39 Å². The Bertz CT molecular complexity index is 624. The van der Waals surface area contributed by atoms with E-state index < -0.39 is 17.5 Å². The maximum Gasteiger partial charge on any atom is 0.255 e. The lowest BCUT2D eigenvalue weighted by Gasteiger charge is -2.09. The summed E-state index contributed by atoms with van der Waals surface area (Å²) in [5, 5.41) is 20.7. The Hall–Kier alpha value is -2.76. The van der Waals surface area contributed by atoms with E-state index in [4.69, 9.17) is 10.8 Å². The highest BCUT2D eigenvalue weighted by molar-refractivity contribution is 6.06. The van der Waals surface area contributed by atoms with Crippen LogP contribution in [0.5, 0.6) is 11.5 Å². The van der Waals surface area contributed by atoms with Crippen LogP contribution in [-0.4, -0.2) is 16.1 Å². The van der Waals surface area contributed by atoms with Gasteiger partial charge in [-0.05, 0) is 30.3 Å². The highest BCUT2D eigenvalue weighted by Gasteiger charge is 2.13. The number of halogens is 1. The van der Waals surface area contributed by atoms with Gasteiger partial charge in [-0.15, -0.1) is 0 Å². The molecular weight excluding hydrogens is 251 g/mol. The fraction of sp³-hybridized carbons (Fsp3) is 0. The molecule has 0 atom stereocenters. The van der Waals surface area contributed by atoms with Gasteiger partial charge >= 0.3 is 0 Å². The molecule has 0 aliphatic rings. The molecule has 0 heterocycles. The smallest absolute Gasteiger partial charge is 0.255 e. The summed E-state index contributed by atoms with van der Waals surface area (Å²) in [5.74, 6) is -2.08. The summed E-state index contributed by atoms with van der Waals surface area (Å²) in [6.45, 7) is 0. The highest BCUT2D eigenvalue weighted by atomic mass is 19.1. The van der Waals surface area contributed by atoms with E-state index in [2.05, 4.69) is 5.32 Å². The van der Waals surface area contributed by atoms with Gasteiger partial charge in [-0.2, -0.15) is 0 Å². The van der Waals surface area contributed by atoms with Crippen molar-refractivity contribution in [2.75, 3.05) is 11.1 Å². The number of hydrogen-bond donors (Lipinski definition) is 4. The molecule has 0 radical (unpaired) electrons. The zero-order chi connectivity index (χ0) is 14.0. The Balaban J connectivity index is 2.28. The van der Waals surface area contributed by atoms with Gasteiger partial charge < -0.3 is 21.3 Å². The van der Waals surface area contributed by atoms with Crippen molar-refractivity contribution < 1.29 is 19.4 Å². The molecule has 1 amide bonds. The van der Waals surface area contributed by atoms with E-state index in [1.54, 1.807) is 0 Å². The topological polar surface area (TPSA) is 95.6 Å². The van der Waals surface area contributed by atoms with Crippen LogP contribution in [-0.2, 0) is 0 Å². The molecule has 0 spiro atoms. The van der Waals surface area contributed by atoms with Crippen molar-refractivity contribution in [3.8, 4) is 11.5 Å². The van der Waals surface area contributed by atoms with Gasteiger partial charge in [0.05, 0.1) is 5.69 Å². The standard InChI is InChI=1S/C13H11FN2O3/c14-8-2-1-3-9(15)12(8)16-13(19)7-4-5-10(17)11(18)6-7/h1-6,17-18H,15H2,(H,16,19). The van der Waals surface area contributed by atoms with Crippen LogP contribution in [0.3, 0.4) is 0 Å². The molecule has 5 nitrogen and oxygen atoms in total. The van der Waals surface area contributed by atoms with Crippen LogP contribution < -0.4 is 11.1 Å². The molecule has 0 bridgehead atoms. The molecule has 6 heteroatoms. The van der Waals surface area contributed by atoms with Gasteiger partial charge in [0.25, 0.3) is 5.91 Å². The fourth-order valence-corrected chi connectivity index (χ4v) is 1.52. The third kappa shape index (κ3) is 2.57. The summed E-state index contributed by atoms with van der Waals surface area (Å²) in [6.07, 6.45) is 0. The SMILES string of the molecule is Nc1cccc(F)c1NC(=O)c1ccc(O)c(O)c1. The maximum absolute atomic E-state index is 13.5. The Morgan fingerprint density at radius 3 is 2.53 bits per heavy atom. The number of nitrogen functional groups attached to an aromatic ring is 1. The monoisotopic (exact) mass is 262 g/mol. The third-order valence-electron chi connectivity index (χ3n) is 2.52. The fourth-order valence-electron chi connectivity index (χ4n) is 1.52. The Morgan fingerprint density at radius 1 is 1.16 bits per heavy atom. The summed E-state index contributed by atoms with van der Waals surface area (Å²) in [7, 11) is 0. The highest BCUT2D eigenvalue weighted by Crippen LogP contribution is 2.26. The number of aromatic hydroxyl groups is 2. The van der Waals surface area contributed by atoms with E-state index in [9.17, 15) is 14.3 Å². The number of benzene rings is 2. The Morgan fingerprint density at radius 2 is 1.89 bits per heavy atom. The van der Waals surface area contributed by atoms with E-state index >= 15 is 0 Å². The van der Waals surface area contributed by atoms with Crippen molar-refractivity contribution in [2.45, 2.75) is 0 Å². The first-order chi connectivity index (χ1) is 8.99. The first kappa shape index (κ1) is 12.7. The molecule has 0 aliphatic carbocycles. The van der Waals surface area contributed by atoms with Gasteiger partial charge in [0.2, 0.25) is 0 Å². The minimum atomic E-state index is -0.656. The van der Waals surface area contributed by atoms with Crippen LogP contribution in [0.1, 0.15) is 10.4 Å². The lowest BCUT2D eigenvalue weighted by atomic mass is 10.1. The molecular formula is C13H11FN2O3. The van der Waals surface area contributed by atoms with Crippen LogP contribution >= 0.6 is 0 Å². The van der Waals surface area contributed by atoms with Crippen molar-refractivity contribution in [1.82, 2.24) is 0 Å². The molecule has 2 rings (SSSR count). The second-order valence-electron chi connectivity index (χ2n) is 3.86. The maximum atomic E-state index is 13.5. The quantitative estimate of drug-likeness (QED) is 0.492. The summed E-state index contributed by atoms with van der Waals surface area (Å²) in [5.41, 5.74) is 5.59. The van der Waals surface area contributed by atoms with Crippen molar-refractivity contribution in [3.63, 3.8) is 0 Å². The van der Waals surface area contributed by atoms with E-state index in [-0.39, 0.29) is 22.7 Å². The number of nitrogens with one attached hydrogen (secondary N) is 1. The van der Waals surface area contributed by atoms with E-state index in [1.807, 2.05) is 0 Å². The predicted octanol–water partition coefficient (Wildman–Crippen LogP) is 2.07. The second-order valence-corrected chi connectivity index (χ2v) is 3.86. The third-order valence-corrected chi connectivity index (χ3v) is 2.52. The van der Waals surface area contributed by atoms with Crippen molar-refractivity contribution in [1.29, 1.82) is 0 Å². The van der Waals surface area contributed by atoms with Gasteiger partial charge in [-0.1, -0.05) is 6.07 Å². The van der Waals surface area contributed by atoms with Crippen LogP contribution in [0.4, 0.5) is 15.8 Å². The summed E-state index contributed by atoms with van der Waals surface area (Å²) in [6, 6.07) is 7.57. The van der Waals surface area contributed by atoms with Crippen LogP contribution in [0.15, 0.2) is 36.4 Å². The predicted molar refractivity (Wildman–Crippen MR) is 68.5 cm³/mol. The Kier molecular flexibility index (Phi) is 3.24. The Labute approximate surface area is 108 Å². The lowest BCUT2D eigenvalue weighted by molar-refractivity contribution is 0.102. The average Bonchev–Trinajstić information content (AvgIpc) is 2.37. The largest absolute Gasteiger partial charge is 0.504 e. The van der Waals surface area contributed by atoms with Crippen LogP contribution in [0.25, 0.3) is 0 Å². The van der Waals surface area contributed by atoms with Crippen molar-refractivity contribution in [3.05, 3.63) is 47.8 Å². The molecule has 0 unspecified atom stereocenters. The lowest BCUT2D eigenvalue weighted by Crippen LogP contribution is -2.14. The summed E-state index contributed by atoms with van der Waals surface area (Å²) in [4.78, 5) is 11.9. The molecule has 0 saturated carbocycles. The minimum absolute atomic E-state index is 0.0675. The number of anilines is 2. The zero-order valence-corrected chi connectivity index (χ0v) is 9.72. The van der Waals surface area contributed by atoms with Gasteiger partial charge in [0.15, 0.2) is 11.5 Å². The average molecular weight is 262 g/mol. The van der Waals surface area contributed by atoms with E-state index in [0.717, 1.165) is 12.1 Å². The molecule has 0 aromatic heterocycles. The first-order valence-electron chi connectivity index (χ1n) is 5.36. The molecule has 0 aliphatic heterocycles. The second kappa shape index (κ2) is 4.85. The molecule has 5 N–H and O–H groups in total. The van der Waals surface area contributed by atoms with Crippen molar-refractivity contribution in [2.24, 2.45) is 0 Å². The number of carbonyl (C=O) groups excluding carboxylic acids is 1. The normalized spacial score (nSPS) is 10.2. The number of para-hydroxylation sites is 1. The van der Waals surface area contributed by atoms with Crippen molar-refractivity contribution >= 4 is 17.3 Å². The number of carbonyl (C=O) groups is 1. The number of rotatable bonds is 2. The number of phenolic OH excluding ortho intramolecular Hbond substituents is 2. The van der Waals surface area contributed by atoms with Gasteiger partial charge in [-0.3, -0.25) is 4.79 Å². The van der Waals surface area contributed by atoms with Gasteiger partial charge in [0.1, 0.15) is 11.5 Å². The number of hydrogen-bond acceptors (Lipinski definition) is 4. The van der Waals surface area contributed by atoms with E-state index in [0.29, 0.717) is 0 Å². The molecule has 2 aromatic rings. The first-order valence-corrected chi connectivity index (χ1v) is 5.36.